The van der Waals surface area contributed by atoms with E-state index in [0.717, 1.165) is 127 Å². The Hall–Kier alpha value is -13.5. The van der Waals surface area contributed by atoms with E-state index >= 15 is 0 Å². The Morgan fingerprint density at radius 3 is 1.13 bits per heavy atom. The molecule has 39 nitrogen and oxygen atoms in total. The number of anilines is 5. The van der Waals surface area contributed by atoms with Gasteiger partial charge >= 0.3 is 0 Å². The highest BCUT2D eigenvalue weighted by atomic mass is 32.2. The second-order valence-corrected chi connectivity index (χ2v) is 39.1. The van der Waals surface area contributed by atoms with Crippen molar-refractivity contribution < 1.29 is 65.8 Å². The van der Waals surface area contributed by atoms with Crippen LogP contribution >= 0.6 is 0 Å². The topological polar surface area (TPSA) is 415 Å². The fourth-order valence-electron chi connectivity index (χ4n) is 18.4. The molecule has 21 rings (SSSR count). The van der Waals surface area contributed by atoms with Gasteiger partial charge in [0.15, 0.2) is 57.4 Å². The quantitative estimate of drug-likeness (QED) is 0.0597. The monoisotopic (exact) mass is 1990 g/mol. The number of aliphatic hydroxyl groups excluding tert-OH is 1. The Morgan fingerprint density at radius 1 is 0.411 bits per heavy atom. The summed E-state index contributed by atoms with van der Waals surface area (Å²) in [5.74, 6) is 6.06. The minimum atomic E-state index is -3.28. The molecule has 0 aromatic carbocycles. The molecule has 1 spiro atoms. The highest BCUT2D eigenvalue weighted by molar-refractivity contribution is 7.88. The van der Waals surface area contributed by atoms with Crippen molar-refractivity contribution in [2.24, 2.45) is 5.92 Å². The second-order valence-electron chi connectivity index (χ2n) is 35.3. The molecule has 6 aliphatic heterocycles. The first-order valence-corrected chi connectivity index (χ1v) is 49.5. The van der Waals surface area contributed by atoms with Crippen LogP contribution in [0.4, 0.5) is 73.0 Å². The average Bonchev–Trinajstić information content (AvgIpc) is 1.67. The summed E-state index contributed by atoms with van der Waals surface area (Å²) in [5, 5.41) is 12.9. The molecule has 0 bridgehead atoms. The molecule has 21 heterocycles. The molecule has 15 aromatic rings. The number of piperazine rings is 1. The molecule has 6 aliphatic rings. The Morgan fingerprint density at radius 2 is 0.759 bits per heavy atom. The van der Waals surface area contributed by atoms with Crippen LogP contribution in [0, 0.1) is 5.92 Å². The lowest BCUT2D eigenvalue weighted by Gasteiger charge is -2.51. The van der Waals surface area contributed by atoms with Gasteiger partial charge in [-0.05, 0) is 141 Å². The third-order valence-electron chi connectivity index (χ3n) is 25.9. The van der Waals surface area contributed by atoms with Gasteiger partial charge in [-0.1, -0.05) is 0 Å². The van der Waals surface area contributed by atoms with Crippen molar-refractivity contribution in [1.82, 2.24) is 141 Å². The Kier molecular flexibility index (Phi) is 30.1. The number of alkyl halides is 10. The summed E-state index contributed by atoms with van der Waals surface area (Å²) < 4.78 is 188. The molecule has 15 aromatic heterocycles. The smallest absolute Gasteiger partial charge is 0.281 e. The minimum absolute atomic E-state index is 0.106. The molecule has 6 fully saturated rings. The first kappa shape index (κ1) is 99.1. The number of aliphatic hydroxyl groups is 1. The van der Waals surface area contributed by atoms with E-state index < -0.39 is 52.2 Å². The van der Waals surface area contributed by atoms with E-state index in [9.17, 15) is 65.8 Å². The van der Waals surface area contributed by atoms with Crippen LogP contribution in [0.3, 0.4) is 0 Å². The van der Waals surface area contributed by atoms with Gasteiger partial charge in [-0.15, -0.1) is 0 Å². The van der Waals surface area contributed by atoms with Crippen LogP contribution in [0.5, 0.6) is 0 Å². The maximum Gasteiger partial charge on any atom is 0.281 e. The minimum Gasteiger partial charge on any atom is -0.396 e. The predicted octanol–water partition coefficient (Wildman–Crippen LogP) is 11.8. The van der Waals surface area contributed by atoms with Gasteiger partial charge in [-0.25, -0.2) is 169 Å². The molecule has 6 saturated heterocycles. The van der Waals surface area contributed by atoms with Crippen LogP contribution in [0.2, 0.25) is 0 Å². The van der Waals surface area contributed by atoms with E-state index in [1.165, 1.54) is 105 Å². The molecule has 0 amide bonds. The van der Waals surface area contributed by atoms with Crippen molar-refractivity contribution >= 4 is 77.4 Å². The number of hydrogen-bond donors (Lipinski definition) is 3. The molecule has 0 radical (unpaired) electrons. The molecule has 51 heteroatoms. The number of aromatic nitrogens is 25. The number of hydrogen-bond acceptors (Lipinski definition) is 32. The number of halogens is 10. The predicted molar refractivity (Wildman–Crippen MR) is 503 cm³/mol. The van der Waals surface area contributed by atoms with Gasteiger partial charge in [0.1, 0.15) is 86.0 Å². The van der Waals surface area contributed by atoms with Crippen LogP contribution in [-0.2, 0) is 20.0 Å². The standard InChI is InChI=1S/C20H24F2N8.C18H21F2N7O2S.C18H20F2N6.C17H19F2N7O2S.C17H18F2N6O/c1-28-8-9-29(13-20(28)3-6-23-7-4-20)16-2-5-24-19(27-16)15-10-26-17-11-25-14(18(21)22)12-30(15)17;1-30(28,29)25-12-3-2-7-26(8-5-12)15-4-6-21-18(24-15)14-9-23-16-10-22-13(17(19)20)11-27(14)16;1-11-4-3-5-12(2)26(11)15-6-7-21-18(24-15)14-8-23-16-9-22-13(17(19)20)10-25(14)16;1-24(29(2,27)28)11-4-6-25(9-11)14-3-5-20-17(23-14)13-7-22-15-8-21-12(16(18)19)10-26(13)15;18-16(19)12-9-25-13(6-22-15(25)7-21-12)17-20-4-3-14(23-17)24-5-1-2-11(8-24)10-26/h2,5,10-12,18,23H,3-4,6-9,13H2,1H3;4,6,9-12,17,25H,2-3,5,7-8H2,1H3;6-12,17H,3-5H2,1-2H3;3,5,7-8,10-11,16H,4,6,9H2,1-2H3;3-4,6-7,9,11,16,26H,1-2,5,8,10H2/t;;11-,12+;11-;/m...0./s1. The fourth-order valence-corrected chi connectivity index (χ4v) is 19.9. The van der Waals surface area contributed by atoms with Gasteiger partial charge in [0, 0.05) is 164 Å². The SMILES string of the molecule is CN([C@H]1CCN(c2ccnc(-c3cnc4cnc(C(F)F)cn34)n2)C1)S(C)(=O)=O.CN1CCN(c2ccnc(-c3cnc4cnc(C(F)F)cn34)n2)CC12CCNCC2.CS(=O)(=O)NC1CCCN(c2ccnc(-c3cnc4cnc(C(F)F)cn34)n2)CC1.C[C@@H]1CCC[C@H](C)N1c1ccnc(-c2cnc3cnc(C(F)F)cn23)n1.OCC1CCCN(c2ccnc(-c3cnc4cnc(C(F)F)cn34)n2)C1. The van der Waals surface area contributed by atoms with Gasteiger partial charge < -0.3 is 34.9 Å². The van der Waals surface area contributed by atoms with E-state index in [1.807, 2.05) is 23.1 Å². The number of likely N-dealkylation sites (N-methyl/N-ethyl adjacent to an activating group) is 2. The lowest BCUT2D eigenvalue weighted by molar-refractivity contribution is 0.0696. The molecular weight excluding hydrogens is 1890 g/mol. The average molecular weight is 1990 g/mol. The van der Waals surface area contributed by atoms with Gasteiger partial charge in [-0.3, -0.25) is 26.9 Å². The van der Waals surface area contributed by atoms with E-state index in [4.69, 9.17) is 9.97 Å². The lowest BCUT2D eigenvalue weighted by atomic mass is 9.84. The lowest BCUT2D eigenvalue weighted by Crippen LogP contribution is -2.64. The molecule has 744 valence electrons. The number of fused-ring (bicyclic) bond motifs is 5. The zero-order valence-corrected chi connectivity index (χ0v) is 79.1. The molecule has 0 aliphatic carbocycles. The maximum absolute atomic E-state index is 13.1. The van der Waals surface area contributed by atoms with E-state index in [0.29, 0.717) is 142 Å². The highest BCUT2D eigenvalue weighted by Gasteiger charge is 2.42. The molecular formula is C90H102F10N34O5S2. The van der Waals surface area contributed by atoms with E-state index in [2.05, 4.69) is 145 Å². The van der Waals surface area contributed by atoms with Crippen LogP contribution in [0.1, 0.15) is 145 Å². The number of nitrogens with one attached hydrogen (secondary N) is 2. The zero-order chi connectivity index (χ0) is 99.1. The molecule has 0 saturated carbocycles. The van der Waals surface area contributed by atoms with E-state index in [-0.39, 0.29) is 58.6 Å². The summed E-state index contributed by atoms with van der Waals surface area (Å²) in [5.41, 5.74) is 3.40. The first-order valence-electron chi connectivity index (χ1n) is 45.7. The van der Waals surface area contributed by atoms with Crippen LogP contribution in [-0.4, -0.2) is 288 Å². The highest BCUT2D eigenvalue weighted by Crippen LogP contribution is 2.37. The van der Waals surface area contributed by atoms with E-state index in [1.54, 1.807) is 77.6 Å². The summed E-state index contributed by atoms with van der Waals surface area (Å²) >= 11 is 0. The van der Waals surface area contributed by atoms with Crippen LogP contribution in [0.25, 0.3) is 85.8 Å². The Balaban J connectivity index is 0.000000122. The van der Waals surface area contributed by atoms with Crippen LogP contribution < -0.4 is 34.5 Å². The Bertz CT molecular complexity index is 7110. The number of nitrogens with zero attached hydrogens (tertiary/aromatic N) is 32. The normalized spacial score (nSPS) is 18.9. The Labute approximate surface area is 802 Å². The van der Waals surface area contributed by atoms with Gasteiger partial charge in [0.25, 0.3) is 32.1 Å². The molecule has 3 N–H and O–H groups in total. The summed E-state index contributed by atoms with van der Waals surface area (Å²) in [7, 11) is -2.75. The summed E-state index contributed by atoms with van der Waals surface area (Å²) in [4.78, 5) is 97.8. The molecule has 5 atom stereocenters. The maximum atomic E-state index is 13.1. The fraction of sp³-hybridized carbons (Fsp3) is 0.444. The zero-order valence-electron chi connectivity index (χ0n) is 77.5. The van der Waals surface area contributed by atoms with Gasteiger partial charge in [0.05, 0.1) is 74.5 Å². The number of sulfonamides is 2. The third-order valence-corrected chi connectivity index (χ3v) is 28.0. The van der Waals surface area contributed by atoms with Crippen molar-refractivity contribution in [2.45, 2.75) is 146 Å². The van der Waals surface area contributed by atoms with Crippen molar-refractivity contribution in [3.63, 3.8) is 0 Å². The third kappa shape index (κ3) is 22.8. The number of rotatable bonds is 20. The number of piperidine rings is 3. The molecule has 141 heavy (non-hydrogen) atoms. The summed E-state index contributed by atoms with van der Waals surface area (Å²) in [6, 6.07) is 9.71. The number of imidazole rings is 5. The summed E-state index contributed by atoms with van der Waals surface area (Å²) in [6.45, 7) is 13.5. The van der Waals surface area contributed by atoms with Gasteiger partial charge in [0.2, 0.25) is 20.0 Å². The van der Waals surface area contributed by atoms with Gasteiger partial charge in [-0.2, -0.15) is 0 Å². The van der Waals surface area contributed by atoms with Crippen molar-refractivity contribution in [1.29, 1.82) is 0 Å². The molecule has 2 unspecified atom stereocenters. The van der Waals surface area contributed by atoms with Crippen LogP contribution in [0.15, 0.2) is 154 Å². The van der Waals surface area contributed by atoms with Crippen molar-refractivity contribution in [3.8, 4) is 57.6 Å². The van der Waals surface area contributed by atoms with Crippen molar-refractivity contribution in [3.05, 3.63) is 183 Å². The summed E-state index contributed by atoms with van der Waals surface area (Å²) in [6.07, 6.45) is 28.5. The first-order chi connectivity index (χ1) is 67.8. The second kappa shape index (κ2) is 42.9. The van der Waals surface area contributed by atoms with Crippen molar-refractivity contribution in [2.75, 3.05) is 130 Å². The largest absolute Gasteiger partial charge is 0.396 e.